The van der Waals surface area contributed by atoms with Crippen LogP contribution in [-0.4, -0.2) is 6.54 Å². The molecule has 0 spiro atoms. The maximum atomic E-state index is 6.28. The lowest BCUT2D eigenvalue weighted by molar-refractivity contribution is 0.482. The first-order chi connectivity index (χ1) is 9.69. The summed E-state index contributed by atoms with van der Waals surface area (Å²) in [6.45, 7) is 3.92. The first-order valence-corrected chi connectivity index (χ1v) is 7.78. The fourth-order valence-electron chi connectivity index (χ4n) is 1.80. The van der Waals surface area contributed by atoms with E-state index in [1.165, 1.54) is 0 Å². The van der Waals surface area contributed by atoms with Crippen LogP contribution in [0, 0.1) is 0 Å². The summed E-state index contributed by atoms with van der Waals surface area (Å²) in [6, 6.07) is 13.5. The van der Waals surface area contributed by atoms with Crippen LogP contribution in [0.4, 0.5) is 0 Å². The van der Waals surface area contributed by atoms with Gasteiger partial charge in [-0.15, -0.1) is 0 Å². The van der Waals surface area contributed by atoms with Crippen LogP contribution in [-0.2, 0) is 6.54 Å². The molecular weight excluding hydrogens is 338 g/mol. The average molecular weight is 355 g/mol. The van der Waals surface area contributed by atoms with Crippen molar-refractivity contribution in [1.82, 2.24) is 5.32 Å². The van der Waals surface area contributed by atoms with Gasteiger partial charge in [-0.1, -0.05) is 46.6 Å². The van der Waals surface area contributed by atoms with Gasteiger partial charge in [0.1, 0.15) is 11.5 Å². The Morgan fingerprint density at radius 3 is 2.65 bits per heavy atom. The van der Waals surface area contributed by atoms with E-state index in [0.29, 0.717) is 0 Å². The molecule has 2 rings (SSSR count). The third-order valence-electron chi connectivity index (χ3n) is 2.80. The maximum Gasteiger partial charge on any atom is 0.128 e. The third kappa shape index (κ3) is 4.51. The number of rotatable bonds is 6. The van der Waals surface area contributed by atoms with Gasteiger partial charge in [0.15, 0.2) is 0 Å². The first-order valence-electron chi connectivity index (χ1n) is 6.61. The summed E-state index contributed by atoms with van der Waals surface area (Å²) in [4.78, 5) is 0. The monoisotopic (exact) mass is 353 g/mol. The molecule has 0 aliphatic carbocycles. The van der Waals surface area contributed by atoms with Crippen LogP contribution in [0.3, 0.4) is 0 Å². The highest BCUT2D eigenvalue weighted by Crippen LogP contribution is 2.28. The van der Waals surface area contributed by atoms with E-state index < -0.39 is 0 Å². The fraction of sp³-hybridized carbons (Fsp3) is 0.250. The molecule has 0 heterocycles. The topological polar surface area (TPSA) is 21.3 Å². The molecule has 0 aliphatic heterocycles. The molecule has 0 atom stereocenters. The zero-order valence-electron chi connectivity index (χ0n) is 11.3. The Labute approximate surface area is 133 Å². The number of ether oxygens (including phenoxy) is 1. The Hall–Kier alpha value is -1.03. The van der Waals surface area contributed by atoms with Crippen molar-refractivity contribution in [2.45, 2.75) is 19.9 Å². The molecule has 0 radical (unpaired) electrons. The molecule has 106 valence electrons. The normalized spacial score (nSPS) is 10.6. The summed E-state index contributed by atoms with van der Waals surface area (Å²) in [5.74, 6) is 1.53. The number of nitrogens with one attached hydrogen (secondary N) is 1. The van der Waals surface area contributed by atoms with Gasteiger partial charge in [-0.25, -0.2) is 0 Å². The molecule has 0 aromatic heterocycles. The lowest BCUT2D eigenvalue weighted by Gasteiger charge is -2.10. The molecule has 20 heavy (non-hydrogen) atoms. The second-order valence-electron chi connectivity index (χ2n) is 4.49. The second-order valence-corrected chi connectivity index (χ2v) is 5.81. The van der Waals surface area contributed by atoms with Crippen molar-refractivity contribution in [3.63, 3.8) is 0 Å². The summed E-state index contributed by atoms with van der Waals surface area (Å²) in [6.07, 6.45) is 1.11. The van der Waals surface area contributed by atoms with Crippen LogP contribution in [0.5, 0.6) is 11.5 Å². The third-order valence-corrected chi connectivity index (χ3v) is 3.64. The lowest BCUT2D eigenvalue weighted by Crippen LogP contribution is -2.13. The highest BCUT2D eigenvalue weighted by Gasteiger charge is 2.04. The van der Waals surface area contributed by atoms with Gasteiger partial charge in [0.25, 0.3) is 0 Å². The van der Waals surface area contributed by atoms with Crippen molar-refractivity contribution in [2.24, 2.45) is 0 Å². The van der Waals surface area contributed by atoms with E-state index in [9.17, 15) is 0 Å². The average Bonchev–Trinajstić information content (AvgIpc) is 2.41. The Balaban J connectivity index is 2.05. The molecule has 0 aliphatic rings. The van der Waals surface area contributed by atoms with Gasteiger partial charge in [-0.2, -0.15) is 0 Å². The fourth-order valence-corrected chi connectivity index (χ4v) is 2.42. The first kappa shape index (κ1) is 15.4. The molecular formula is C16H17BrClNO. The van der Waals surface area contributed by atoms with Crippen molar-refractivity contribution in [1.29, 1.82) is 0 Å². The van der Waals surface area contributed by atoms with E-state index in [-0.39, 0.29) is 0 Å². The van der Waals surface area contributed by atoms with Gasteiger partial charge in [-0.05, 0) is 48.9 Å². The Morgan fingerprint density at radius 1 is 1.15 bits per heavy atom. The summed E-state index contributed by atoms with van der Waals surface area (Å²) >= 11 is 9.70. The van der Waals surface area contributed by atoms with Crippen molar-refractivity contribution in [3.8, 4) is 11.5 Å². The summed E-state index contributed by atoms with van der Waals surface area (Å²) in [5.41, 5.74) is 1.08. The van der Waals surface area contributed by atoms with Gasteiger partial charge in [0.2, 0.25) is 0 Å². The Kier molecular flexibility index (Phi) is 5.89. The lowest BCUT2D eigenvalue weighted by atomic mass is 10.2. The van der Waals surface area contributed by atoms with Gasteiger partial charge < -0.3 is 10.1 Å². The van der Waals surface area contributed by atoms with Crippen molar-refractivity contribution in [3.05, 3.63) is 57.5 Å². The summed E-state index contributed by atoms with van der Waals surface area (Å²) in [7, 11) is 0. The van der Waals surface area contributed by atoms with Crippen LogP contribution < -0.4 is 10.1 Å². The van der Waals surface area contributed by atoms with Gasteiger partial charge in [0.05, 0.1) is 0 Å². The van der Waals surface area contributed by atoms with Crippen LogP contribution in [0.2, 0.25) is 5.02 Å². The van der Waals surface area contributed by atoms with Gasteiger partial charge >= 0.3 is 0 Å². The number of hydrogen-bond donors (Lipinski definition) is 1. The van der Waals surface area contributed by atoms with Crippen LogP contribution in [0.25, 0.3) is 0 Å². The van der Waals surface area contributed by atoms with E-state index in [1.807, 2.05) is 42.5 Å². The van der Waals surface area contributed by atoms with Crippen molar-refractivity contribution < 1.29 is 4.74 Å². The zero-order chi connectivity index (χ0) is 14.4. The minimum absolute atomic E-state index is 0.723. The van der Waals surface area contributed by atoms with Gasteiger partial charge in [-0.3, -0.25) is 0 Å². The molecule has 0 unspecified atom stereocenters. The molecule has 4 heteroatoms. The van der Waals surface area contributed by atoms with E-state index >= 15 is 0 Å². The minimum Gasteiger partial charge on any atom is -0.457 e. The molecule has 2 nitrogen and oxygen atoms in total. The Bertz CT molecular complexity index is 574. The quantitative estimate of drug-likeness (QED) is 0.702. The molecule has 2 aromatic rings. The maximum absolute atomic E-state index is 6.28. The molecule has 0 amide bonds. The number of halogens is 2. The second kappa shape index (κ2) is 7.67. The van der Waals surface area contributed by atoms with E-state index in [1.54, 1.807) is 0 Å². The predicted molar refractivity (Wildman–Crippen MR) is 87.7 cm³/mol. The minimum atomic E-state index is 0.723. The largest absolute Gasteiger partial charge is 0.457 e. The van der Waals surface area contributed by atoms with E-state index in [0.717, 1.165) is 46.1 Å². The van der Waals surface area contributed by atoms with Crippen molar-refractivity contribution >= 4 is 27.5 Å². The van der Waals surface area contributed by atoms with E-state index in [2.05, 4.69) is 28.2 Å². The Morgan fingerprint density at radius 2 is 1.95 bits per heavy atom. The summed E-state index contributed by atoms with van der Waals surface area (Å²) < 4.78 is 6.77. The number of benzene rings is 2. The molecule has 0 fully saturated rings. The molecule has 1 N–H and O–H groups in total. The van der Waals surface area contributed by atoms with Crippen LogP contribution >= 0.6 is 27.5 Å². The van der Waals surface area contributed by atoms with Crippen LogP contribution in [0.1, 0.15) is 18.9 Å². The van der Waals surface area contributed by atoms with E-state index in [4.69, 9.17) is 16.3 Å². The summed E-state index contributed by atoms with van der Waals surface area (Å²) in [5, 5.41) is 4.06. The molecule has 2 aromatic carbocycles. The predicted octanol–water partition coefficient (Wildman–Crippen LogP) is 5.39. The SMILES string of the molecule is CCCNCc1ccc(Oc2cccc(Br)c2)cc1Cl. The molecule has 0 bridgehead atoms. The molecule has 0 saturated carbocycles. The standard InChI is InChI=1S/C16H17BrClNO/c1-2-8-19-11-12-6-7-15(10-16(12)18)20-14-5-3-4-13(17)9-14/h3-7,9-10,19H,2,8,11H2,1H3. The highest BCUT2D eigenvalue weighted by molar-refractivity contribution is 9.10. The smallest absolute Gasteiger partial charge is 0.128 e. The van der Waals surface area contributed by atoms with Gasteiger partial charge in [0, 0.05) is 16.0 Å². The number of hydrogen-bond acceptors (Lipinski definition) is 2. The zero-order valence-corrected chi connectivity index (χ0v) is 13.7. The highest BCUT2D eigenvalue weighted by atomic mass is 79.9. The van der Waals surface area contributed by atoms with Crippen molar-refractivity contribution in [2.75, 3.05) is 6.54 Å². The molecule has 0 saturated heterocycles. The van der Waals surface area contributed by atoms with Crippen LogP contribution in [0.15, 0.2) is 46.9 Å².